The molecular formula is C10H14N2O2S. The minimum absolute atomic E-state index is 0.116. The Balaban J connectivity index is 2.07. The van der Waals surface area contributed by atoms with Crippen molar-refractivity contribution in [3.05, 3.63) is 16.6 Å². The number of carboxylic acid groups (broad SMARTS) is 1. The number of aliphatic carboxylic acids is 1. The second kappa shape index (κ2) is 4.28. The van der Waals surface area contributed by atoms with Crippen molar-refractivity contribution in [3.63, 3.8) is 0 Å². The van der Waals surface area contributed by atoms with Gasteiger partial charge in [0, 0.05) is 17.6 Å². The summed E-state index contributed by atoms with van der Waals surface area (Å²) in [5.74, 6) is -0.759. The highest BCUT2D eigenvalue weighted by Gasteiger charge is 2.34. The predicted molar refractivity (Wildman–Crippen MR) is 57.9 cm³/mol. The van der Waals surface area contributed by atoms with E-state index in [4.69, 9.17) is 5.11 Å². The third-order valence-corrected chi connectivity index (χ3v) is 3.59. The minimum atomic E-state index is -0.759. The maximum absolute atomic E-state index is 10.8. The van der Waals surface area contributed by atoms with Crippen LogP contribution in [0.25, 0.3) is 0 Å². The van der Waals surface area contributed by atoms with Crippen LogP contribution in [0.1, 0.15) is 30.8 Å². The molecule has 1 heterocycles. The number of carboxylic acids is 1. The van der Waals surface area contributed by atoms with Gasteiger partial charge in [-0.2, -0.15) is 0 Å². The summed E-state index contributed by atoms with van der Waals surface area (Å²) in [5, 5.41) is 11.8. The van der Waals surface area contributed by atoms with E-state index in [1.165, 1.54) is 0 Å². The summed E-state index contributed by atoms with van der Waals surface area (Å²) in [6.07, 6.45) is 3.99. The Bertz CT molecular complexity index is 335. The molecule has 2 rings (SSSR count). The molecule has 0 unspecified atom stereocenters. The Morgan fingerprint density at radius 3 is 3.00 bits per heavy atom. The number of nitrogens with zero attached hydrogens (tertiary/aromatic N) is 2. The molecule has 0 saturated heterocycles. The van der Waals surface area contributed by atoms with Gasteiger partial charge in [0.15, 0.2) is 0 Å². The molecule has 0 radical (unpaired) electrons. The Morgan fingerprint density at radius 1 is 1.80 bits per heavy atom. The topological polar surface area (TPSA) is 53.4 Å². The lowest BCUT2D eigenvalue weighted by molar-refractivity contribution is -0.139. The molecule has 4 nitrogen and oxygen atoms in total. The number of thiazole rings is 1. The summed E-state index contributed by atoms with van der Waals surface area (Å²) in [7, 11) is 0. The van der Waals surface area contributed by atoms with Gasteiger partial charge in [0.05, 0.1) is 12.6 Å². The first-order chi connectivity index (χ1) is 7.18. The molecule has 1 saturated carbocycles. The zero-order chi connectivity index (χ0) is 10.8. The van der Waals surface area contributed by atoms with Gasteiger partial charge in [0.2, 0.25) is 0 Å². The molecule has 5 heteroatoms. The van der Waals surface area contributed by atoms with Gasteiger partial charge in [0.25, 0.3) is 0 Å². The zero-order valence-corrected chi connectivity index (χ0v) is 9.41. The lowest BCUT2D eigenvalue weighted by Gasteiger charge is -2.25. The third kappa shape index (κ3) is 2.54. The molecule has 0 amide bonds. The largest absolute Gasteiger partial charge is 0.480 e. The van der Waals surface area contributed by atoms with Crippen LogP contribution in [-0.4, -0.2) is 33.5 Å². The SMILES string of the molecule is C[C@@H](c1nccs1)N(CC(=O)O)C1CC1. The number of rotatable bonds is 5. The molecule has 1 atom stereocenters. The second-order valence-corrected chi connectivity index (χ2v) is 4.77. The highest BCUT2D eigenvalue weighted by atomic mass is 32.1. The third-order valence-electron chi connectivity index (χ3n) is 2.64. The Hall–Kier alpha value is -0.940. The van der Waals surface area contributed by atoms with Crippen molar-refractivity contribution < 1.29 is 9.90 Å². The van der Waals surface area contributed by atoms with E-state index < -0.39 is 5.97 Å². The van der Waals surface area contributed by atoms with Crippen LogP contribution in [0.5, 0.6) is 0 Å². The Labute approximate surface area is 92.6 Å². The number of carbonyl (C=O) groups is 1. The fourth-order valence-corrected chi connectivity index (χ4v) is 2.44. The van der Waals surface area contributed by atoms with Crippen molar-refractivity contribution in [2.75, 3.05) is 6.54 Å². The van der Waals surface area contributed by atoms with Crippen LogP contribution in [-0.2, 0) is 4.79 Å². The second-order valence-electron chi connectivity index (χ2n) is 3.84. The fraction of sp³-hybridized carbons (Fsp3) is 0.600. The highest BCUT2D eigenvalue weighted by molar-refractivity contribution is 7.09. The molecule has 1 N–H and O–H groups in total. The van der Waals surface area contributed by atoms with E-state index in [0.717, 1.165) is 17.8 Å². The van der Waals surface area contributed by atoms with Crippen LogP contribution in [0.3, 0.4) is 0 Å². The van der Waals surface area contributed by atoms with E-state index in [1.807, 2.05) is 17.2 Å². The van der Waals surface area contributed by atoms with Gasteiger partial charge >= 0.3 is 5.97 Å². The molecule has 82 valence electrons. The summed E-state index contributed by atoms with van der Waals surface area (Å²) in [4.78, 5) is 17.0. The van der Waals surface area contributed by atoms with Crippen LogP contribution in [0.2, 0.25) is 0 Å². The van der Waals surface area contributed by atoms with Gasteiger partial charge in [-0.25, -0.2) is 4.98 Å². The van der Waals surface area contributed by atoms with Crippen LogP contribution < -0.4 is 0 Å². The van der Waals surface area contributed by atoms with Crippen LogP contribution in [0.15, 0.2) is 11.6 Å². The smallest absolute Gasteiger partial charge is 0.317 e. The summed E-state index contributed by atoms with van der Waals surface area (Å²) in [5.41, 5.74) is 0. The minimum Gasteiger partial charge on any atom is -0.480 e. The van der Waals surface area contributed by atoms with E-state index in [-0.39, 0.29) is 12.6 Å². The summed E-state index contributed by atoms with van der Waals surface area (Å²) in [6, 6.07) is 0.564. The highest BCUT2D eigenvalue weighted by Crippen LogP contribution is 2.34. The van der Waals surface area contributed by atoms with Crippen molar-refractivity contribution in [2.24, 2.45) is 0 Å². The molecule has 15 heavy (non-hydrogen) atoms. The monoisotopic (exact) mass is 226 g/mol. The summed E-state index contributed by atoms with van der Waals surface area (Å²) >= 11 is 1.59. The van der Waals surface area contributed by atoms with E-state index in [0.29, 0.717) is 6.04 Å². The quantitative estimate of drug-likeness (QED) is 0.831. The van der Waals surface area contributed by atoms with Crippen LogP contribution >= 0.6 is 11.3 Å². The first kappa shape index (κ1) is 10.6. The standard InChI is InChI=1S/C10H14N2O2S/c1-7(10-11-4-5-15-10)12(6-9(13)14)8-2-3-8/h4-5,7-8H,2-3,6H2,1H3,(H,13,14)/t7-/m0/s1. The number of hydrogen-bond acceptors (Lipinski definition) is 4. The molecule has 0 bridgehead atoms. The van der Waals surface area contributed by atoms with Gasteiger partial charge in [0.1, 0.15) is 5.01 Å². The van der Waals surface area contributed by atoms with Crippen molar-refractivity contribution in [1.82, 2.24) is 9.88 Å². The normalized spacial score (nSPS) is 18.0. The molecule has 1 aliphatic carbocycles. The van der Waals surface area contributed by atoms with E-state index in [2.05, 4.69) is 4.98 Å². The summed E-state index contributed by atoms with van der Waals surface area (Å²) in [6.45, 7) is 2.14. The molecule has 1 aliphatic rings. The van der Waals surface area contributed by atoms with Crippen LogP contribution in [0, 0.1) is 0 Å². The average molecular weight is 226 g/mol. The van der Waals surface area contributed by atoms with Gasteiger partial charge in [-0.1, -0.05) is 0 Å². The maximum atomic E-state index is 10.8. The lowest BCUT2D eigenvalue weighted by Crippen LogP contribution is -2.34. The van der Waals surface area contributed by atoms with Crippen molar-refractivity contribution in [3.8, 4) is 0 Å². The first-order valence-corrected chi connectivity index (χ1v) is 5.93. The lowest BCUT2D eigenvalue weighted by atomic mass is 10.3. The van der Waals surface area contributed by atoms with Gasteiger partial charge in [-0.3, -0.25) is 9.69 Å². The van der Waals surface area contributed by atoms with Crippen molar-refractivity contribution >= 4 is 17.3 Å². The molecular weight excluding hydrogens is 212 g/mol. The Morgan fingerprint density at radius 2 is 2.53 bits per heavy atom. The first-order valence-electron chi connectivity index (χ1n) is 5.05. The average Bonchev–Trinajstić information content (AvgIpc) is 2.88. The fourth-order valence-electron chi connectivity index (χ4n) is 1.73. The molecule has 0 spiro atoms. The molecule has 1 aromatic rings. The van der Waals surface area contributed by atoms with Gasteiger partial charge < -0.3 is 5.11 Å². The molecule has 0 aromatic carbocycles. The molecule has 1 fully saturated rings. The molecule has 0 aliphatic heterocycles. The van der Waals surface area contributed by atoms with E-state index in [1.54, 1.807) is 17.5 Å². The maximum Gasteiger partial charge on any atom is 0.317 e. The predicted octanol–water partition coefficient (Wildman–Crippen LogP) is 1.75. The van der Waals surface area contributed by atoms with E-state index >= 15 is 0 Å². The zero-order valence-electron chi connectivity index (χ0n) is 8.59. The summed E-state index contributed by atoms with van der Waals surface area (Å²) < 4.78 is 0. The van der Waals surface area contributed by atoms with Crippen LogP contribution in [0.4, 0.5) is 0 Å². The van der Waals surface area contributed by atoms with Crippen molar-refractivity contribution in [2.45, 2.75) is 31.8 Å². The van der Waals surface area contributed by atoms with Crippen molar-refractivity contribution in [1.29, 1.82) is 0 Å². The Kier molecular flexibility index (Phi) is 3.02. The van der Waals surface area contributed by atoms with E-state index in [9.17, 15) is 4.79 Å². The molecule has 1 aromatic heterocycles. The number of aromatic nitrogens is 1. The number of hydrogen-bond donors (Lipinski definition) is 1. The van der Waals surface area contributed by atoms with Gasteiger partial charge in [-0.05, 0) is 19.8 Å². The van der Waals surface area contributed by atoms with Gasteiger partial charge in [-0.15, -0.1) is 11.3 Å².